The van der Waals surface area contributed by atoms with Crippen molar-refractivity contribution in [3.05, 3.63) is 30.6 Å². The van der Waals surface area contributed by atoms with Crippen LogP contribution in [0.5, 0.6) is 0 Å². The van der Waals surface area contributed by atoms with Crippen LogP contribution in [0.4, 0.5) is 5.69 Å². The Morgan fingerprint density at radius 2 is 2.26 bits per heavy atom. The SMILES string of the molecule is CCNS(=O)(=O)c1ccc(N)c(Sc2ncc[nH]2)c1. The summed E-state index contributed by atoms with van der Waals surface area (Å²) in [7, 11) is -3.48. The molecular formula is C11H14N4O2S2. The second-order valence-corrected chi connectivity index (χ2v) is 6.49. The van der Waals surface area contributed by atoms with Crippen LogP contribution in [-0.2, 0) is 10.0 Å². The van der Waals surface area contributed by atoms with Crippen molar-refractivity contribution in [2.45, 2.75) is 21.9 Å². The van der Waals surface area contributed by atoms with Gasteiger partial charge >= 0.3 is 0 Å². The predicted octanol–water partition coefficient (Wildman–Crippen LogP) is 1.44. The Labute approximate surface area is 115 Å². The van der Waals surface area contributed by atoms with Crippen molar-refractivity contribution >= 4 is 27.5 Å². The number of nitrogens with one attached hydrogen (secondary N) is 2. The molecular weight excluding hydrogens is 284 g/mol. The van der Waals surface area contributed by atoms with E-state index < -0.39 is 10.0 Å². The average molecular weight is 298 g/mol. The lowest BCUT2D eigenvalue weighted by molar-refractivity contribution is 0.583. The number of rotatable bonds is 5. The van der Waals surface area contributed by atoms with Crippen LogP contribution in [0, 0.1) is 0 Å². The standard InChI is InChI=1S/C11H14N4O2S2/c1-2-15-19(16,17)8-3-4-9(12)10(7-8)18-11-13-5-6-14-11/h3-7,15H,2,12H2,1H3,(H,13,14). The molecule has 0 fully saturated rings. The van der Waals surface area contributed by atoms with Gasteiger partial charge in [-0.1, -0.05) is 6.92 Å². The summed E-state index contributed by atoms with van der Waals surface area (Å²) in [4.78, 5) is 7.83. The lowest BCUT2D eigenvalue weighted by Gasteiger charge is -2.08. The highest BCUT2D eigenvalue weighted by atomic mass is 32.2. The number of imidazole rings is 1. The van der Waals surface area contributed by atoms with E-state index in [1.165, 1.54) is 17.8 Å². The summed E-state index contributed by atoms with van der Waals surface area (Å²) >= 11 is 1.29. The Balaban J connectivity index is 2.35. The van der Waals surface area contributed by atoms with Crippen molar-refractivity contribution in [1.29, 1.82) is 0 Å². The van der Waals surface area contributed by atoms with Gasteiger partial charge in [0.05, 0.1) is 4.90 Å². The maximum absolute atomic E-state index is 11.9. The van der Waals surface area contributed by atoms with Gasteiger partial charge in [0, 0.05) is 29.5 Å². The highest BCUT2D eigenvalue weighted by Gasteiger charge is 2.15. The summed E-state index contributed by atoms with van der Waals surface area (Å²) in [5.41, 5.74) is 6.36. The fourth-order valence-electron chi connectivity index (χ4n) is 1.45. The number of benzene rings is 1. The largest absolute Gasteiger partial charge is 0.398 e. The zero-order chi connectivity index (χ0) is 13.9. The average Bonchev–Trinajstić information content (AvgIpc) is 2.84. The molecule has 0 unspecified atom stereocenters. The fraction of sp³-hybridized carbons (Fsp3) is 0.182. The van der Waals surface area contributed by atoms with Crippen LogP contribution in [-0.4, -0.2) is 24.9 Å². The van der Waals surface area contributed by atoms with E-state index in [9.17, 15) is 8.42 Å². The van der Waals surface area contributed by atoms with Crippen LogP contribution in [0.15, 0.2) is 45.5 Å². The van der Waals surface area contributed by atoms with Gasteiger partial charge in [-0.15, -0.1) is 0 Å². The fourth-order valence-corrected chi connectivity index (χ4v) is 3.42. The second-order valence-electron chi connectivity index (χ2n) is 3.70. The van der Waals surface area contributed by atoms with Crippen molar-refractivity contribution in [3.63, 3.8) is 0 Å². The van der Waals surface area contributed by atoms with Crippen LogP contribution in [0.3, 0.4) is 0 Å². The van der Waals surface area contributed by atoms with Gasteiger partial charge in [-0.2, -0.15) is 0 Å². The maximum atomic E-state index is 11.9. The quantitative estimate of drug-likeness (QED) is 0.725. The zero-order valence-corrected chi connectivity index (χ0v) is 11.9. The molecule has 1 heterocycles. The molecule has 2 aromatic rings. The first-order valence-electron chi connectivity index (χ1n) is 5.59. The van der Waals surface area contributed by atoms with Gasteiger partial charge in [-0.3, -0.25) is 0 Å². The number of hydrogen-bond donors (Lipinski definition) is 3. The molecule has 1 aromatic carbocycles. The molecule has 0 aliphatic rings. The molecule has 19 heavy (non-hydrogen) atoms. The zero-order valence-electron chi connectivity index (χ0n) is 10.3. The first-order chi connectivity index (χ1) is 9.03. The monoisotopic (exact) mass is 298 g/mol. The third-order valence-electron chi connectivity index (χ3n) is 2.31. The normalized spacial score (nSPS) is 11.6. The van der Waals surface area contributed by atoms with Crippen LogP contribution < -0.4 is 10.5 Å². The van der Waals surface area contributed by atoms with E-state index >= 15 is 0 Å². The molecule has 1 aromatic heterocycles. The molecule has 0 amide bonds. The number of anilines is 1. The van der Waals surface area contributed by atoms with Gasteiger partial charge in [-0.05, 0) is 30.0 Å². The van der Waals surface area contributed by atoms with Gasteiger partial charge in [-0.25, -0.2) is 18.1 Å². The Bertz CT molecular complexity index is 653. The highest BCUT2D eigenvalue weighted by Crippen LogP contribution is 2.31. The first kappa shape index (κ1) is 13.9. The van der Waals surface area contributed by atoms with Crippen LogP contribution in [0.1, 0.15) is 6.92 Å². The van der Waals surface area contributed by atoms with Crippen molar-refractivity contribution in [3.8, 4) is 0 Å². The lowest BCUT2D eigenvalue weighted by atomic mass is 10.3. The van der Waals surface area contributed by atoms with Gasteiger partial charge in [0.2, 0.25) is 10.0 Å². The topological polar surface area (TPSA) is 101 Å². The number of H-pyrrole nitrogens is 1. The molecule has 102 valence electrons. The third kappa shape index (κ3) is 3.28. The number of hydrogen-bond acceptors (Lipinski definition) is 5. The molecule has 0 spiro atoms. The molecule has 0 saturated heterocycles. The summed E-state index contributed by atoms with van der Waals surface area (Å²) in [6, 6.07) is 4.61. The summed E-state index contributed by atoms with van der Waals surface area (Å²) in [5, 5.41) is 0.657. The Morgan fingerprint density at radius 1 is 1.47 bits per heavy atom. The van der Waals surface area contributed by atoms with Gasteiger partial charge in [0.25, 0.3) is 0 Å². The predicted molar refractivity (Wildman–Crippen MR) is 74.4 cm³/mol. The molecule has 0 aliphatic heterocycles. The third-order valence-corrected chi connectivity index (χ3v) is 4.84. The molecule has 0 aliphatic carbocycles. The lowest BCUT2D eigenvalue weighted by Crippen LogP contribution is -2.23. The summed E-state index contributed by atoms with van der Waals surface area (Å²) < 4.78 is 26.3. The summed E-state index contributed by atoms with van der Waals surface area (Å²) in [6.45, 7) is 2.07. The summed E-state index contributed by atoms with van der Waals surface area (Å²) in [5.74, 6) is 0. The number of aromatic nitrogens is 2. The smallest absolute Gasteiger partial charge is 0.240 e. The Morgan fingerprint density at radius 3 is 2.89 bits per heavy atom. The molecule has 0 atom stereocenters. The number of nitrogens with zero attached hydrogens (tertiary/aromatic N) is 1. The molecule has 0 saturated carbocycles. The summed E-state index contributed by atoms with van der Waals surface area (Å²) in [6.07, 6.45) is 3.31. The van der Waals surface area contributed by atoms with Crippen LogP contribution >= 0.6 is 11.8 Å². The van der Waals surface area contributed by atoms with Crippen molar-refractivity contribution in [2.24, 2.45) is 0 Å². The Hall–Kier alpha value is -1.51. The van der Waals surface area contributed by atoms with Crippen molar-refractivity contribution in [2.75, 3.05) is 12.3 Å². The van der Waals surface area contributed by atoms with Crippen molar-refractivity contribution < 1.29 is 8.42 Å². The number of sulfonamides is 1. The minimum Gasteiger partial charge on any atom is -0.398 e. The number of nitrogens with two attached hydrogens (primary N) is 1. The van der Waals surface area contributed by atoms with Crippen molar-refractivity contribution in [1.82, 2.24) is 14.7 Å². The van der Waals surface area contributed by atoms with E-state index in [1.807, 2.05) is 0 Å². The minimum absolute atomic E-state index is 0.192. The van der Waals surface area contributed by atoms with Crippen LogP contribution in [0.2, 0.25) is 0 Å². The molecule has 6 nitrogen and oxygen atoms in total. The molecule has 4 N–H and O–H groups in total. The van der Waals surface area contributed by atoms with E-state index in [0.717, 1.165) is 0 Å². The van der Waals surface area contributed by atoms with Gasteiger partial charge in [0.1, 0.15) is 0 Å². The first-order valence-corrected chi connectivity index (χ1v) is 7.89. The van der Waals surface area contributed by atoms with E-state index in [-0.39, 0.29) is 4.90 Å². The maximum Gasteiger partial charge on any atom is 0.240 e. The Kier molecular flexibility index (Phi) is 4.13. The van der Waals surface area contributed by atoms with Gasteiger partial charge < -0.3 is 10.7 Å². The number of aromatic amines is 1. The highest BCUT2D eigenvalue weighted by molar-refractivity contribution is 7.99. The van der Waals surface area contributed by atoms with E-state index in [1.54, 1.807) is 31.5 Å². The van der Waals surface area contributed by atoms with Gasteiger partial charge in [0.15, 0.2) is 5.16 Å². The van der Waals surface area contributed by atoms with E-state index in [2.05, 4.69) is 14.7 Å². The molecule has 8 heteroatoms. The minimum atomic E-state index is -3.48. The molecule has 2 rings (SSSR count). The molecule has 0 bridgehead atoms. The molecule has 0 radical (unpaired) electrons. The van der Waals surface area contributed by atoms with E-state index in [4.69, 9.17) is 5.73 Å². The van der Waals surface area contributed by atoms with E-state index in [0.29, 0.717) is 22.3 Å². The number of nitrogen functional groups attached to an aromatic ring is 1. The second kappa shape index (κ2) is 5.64. The van der Waals surface area contributed by atoms with Crippen LogP contribution in [0.25, 0.3) is 0 Å².